The van der Waals surface area contributed by atoms with Gasteiger partial charge in [-0.25, -0.2) is 0 Å². The summed E-state index contributed by atoms with van der Waals surface area (Å²) in [5.74, 6) is 1.26. The van der Waals surface area contributed by atoms with Crippen molar-refractivity contribution in [3.63, 3.8) is 0 Å². The minimum Gasteiger partial charge on any atom is -0.355 e. The number of halogens is 3. The topological polar surface area (TPSA) is 52.6 Å². The average molecular weight is 419 g/mol. The Labute approximate surface area is 173 Å². The van der Waals surface area contributed by atoms with Crippen LogP contribution in [0.25, 0.3) is 0 Å². The first kappa shape index (κ1) is 20.4. The highest BCUT2D eigenvalue weighted by Gasteiger charge is 2.32. The van der Waals surface area contributed by atoms with Crippen molar-refractivity contribution in [3.8, 4) is 0 Å². The van der Waals surface area contributed by atoms with Gasteiger partial charge >= 0.3 is 6.18 Å². The first-order valence-corrected chi connectivity index (χ1v) is 10.2. The number of anilines is 2. The summed E-state index contributed by atoms with van der Waals surface area (Å²) in [5.41, 5.74) is -0.750. The maximum atomic E-state index is 12.9. The molecule has 0 N–H and O–H groups in total. The minimum atomic E-state index is -4.46. The van der Waals surface area contributed by atoms with Crippen LogP contribution < -0.4 is 9.80 Å². The van der Waals surface area contributed by atoms with Gasteiger partial charge in [-0.1, -0.05) is 6.07 Å². The van der Waals surface area contributed by atoms with Crippen LogP contribution in [-0.2, 0) is 6.18 Å². The van der Waals surface area contributed by atoms with Crippen LogP contribution in [0.3, 0.4) is 0 Å². The summed E-state index contributed by atoms with van der Waals surface area (Å²) < 4.78 is 38.7. The predicted molar refractivity (Wildman–Crippen MR) is 108 cm³/mol. The number of hydrogen-bond acceptors (Lipinski definition) is 5. The molecular formula is C21H24F3N5O. The molecule has 2 aromatic rings. The highest BCUT2D eigenvalue weighted by Crippen LogP contribution is 2.30. The van der Waals surface area contributed by atoms with Crippen molar-refractivity contribution >= 4 is 17.5 Å². The van der Waals surface area contributed by atoms with E-state index in [1.165, 1.54) is 31.4 Å². The maximum absolute atomic E-state index is 12.9. The Bertz CT molecular complexity index is 873. The number of piperazine rings is 1. The molecule has 0 unspecified atom stereocenters. The Hall–Kier alpha value is -2.84. The van der Waals surface area contributed by atoms with Crippen molar-refractivity contribution in [3.05, 3.63) is 47.5 Å². The van der Waals surface area contributed by atoms with Crippen LogP contribution in [0.2, 0.25) is 0 Å². The van der Waals surface area contributed by atoms with Crippen molar-refractivity contribution in [1.82, 2.24) is 15.1 Å². The molecule has 0 saturated carbocycles. The zero-order valence-corrected chi connectivity index (χ0v) is 16.6. The number of hydrogen-bond donors (Lipinski definition) is 0. The van der Waals surface area contributed by atoms with Gasteiger partial charge in [0.05, 0.1) is 5.56 Å². The summed E-state index contributed by atoms with van der Waals surface area (Å²) in [6.07, 6.45) is -0.865. The van der Waals surface area contributed by atoms with E-state index in [1.807, 2.05) is 17.0 Å². The summed E-state index contributed by atoms with van der Waals surface area (Å²) in [4.78, 5) is 18.5. The molecule has 0 aliphatic carbocycles. The lowest BCUT2D eigenvalue weighted by molar-refractivity contribution is -0.137. The van der Waals surface area contributed by atoms with Gasteiger partial charge in [0.25, 0.3) is 5.91 Å². The number of piperidine rings is 1. The zero-order chi connectivity index (χ0) is 21.1. The van der Waals surface area contributed by atoms with E-state index in [1.54, 1.807) is 4.90 Å². The molecule has 1 amide bonds. The molecule has 2 aliphatic rings. The molecule has 0 spiro atoms. The SMILES string of the molecule is O=C(c1cccc(C(F)(F)F)c1)N1CCN(c2ccc(N3CCCCC3)nn2)CC1. The molecule has 0 radical (unpaired) electrons. The second-order valence-electron chi connectivity index (χ2n) is 7.66. The third-order valence-corrected chi connectivity index (χ3v) is 5.64. The summed E-state index contributed by atoms with van der Waals surface area (Å²) in [6.45, 7) is 3.97. The third-order valence-electron chi connectivity index (χ3n) is 5.64. The molecule has 1 aromatic carbocycles. The quantitative estimate of drug-likeness (QED) is 0.763. The van der Waals surface area contributed by atoms with Gasteiger partial charge in [0.2, 0.25) is 0 Å². The van der Waals surface area contributed by atoms with Gasteiger partial charge < -0.3 is 14.7 Å². The Kier molecular flexibility index (Phi) is 5.78. The molecule has 3 heterocycles. The second-order valence-corrected chi connectivity index (χ2v) is 7.66. The van der Waals surface area contributed by atoms with Gasteiger partial charge in [-0.2, -0.15) is 13.2 Å². The van der Waals surface area contributed by atoms with Gasteiger partial charge in [0.1, 0.15) is 0 Å². The van der Waals surface area contributed by atoms with Gasteiger partial charge in [0, 0.05) is 44.8 Å². The largest absolute Gasteiger partial charge is 0.416 e. The minimum absolute atomic E-state index is 0.0592. The van der Waals surface area contributed by atoms with Gasteiger partial charge in [0.15, 0.2) is 11.6 Å². The van der Waals surface area contributed by atoms with Crippen molar-refractivity contribution in [2.45, 2.75) is 25.4 Å². The van der Waals surface area contributed by atoms with Crippen molar-refractivity contribution in [2.24, 2.45) is 0 Å². The molecule has 2 fully saturated rings. The van der Waals surface area contributed by atoms with Crippen LogP contribution in [0.4, 0.5) is 24.8 Å². The Balaban J connectivity index is 1.36. The van der Waals surface area contributed by atoms with Crippen LogP contribution in [0, 0.1) is 0 Å². The Morgan fingerprint density at radius 2 is 1.40 bits per heavy atom. The standard InChI is InChI=1S/C21H24F3N5O/c22-21(23,24)17-6-4-5-16(15-17)20(30)29-13-11-28(12-14-29)19-8-7-18(25-26-19)27-9-2-1-3-10-27/h4-8,15H,1-3,9-14H2. The molecule has 6 nitrogen and oxygen atoms in total. The van der Waals surface area contributed by atoms with E-state index in [4.69, 9.17) is 0 Å². The summed E-state index contributed by atoms with van der Waals surface area (Å²) in [6, 6.07) is 8.51. The smallest absolute Gasteiger partial charge is 0.355 e. The predicted octanol–water partition coefficient (Wildman–Crippen LogP) is 3.45. The van der Waals surface area contributed by atoms with Crippen molar-refractivity contribution < 1.29 is 18.0 Å². The molecule has 0 bridgehead atoms. The fourth-order valence-corrected chi connectivity index (χ4v) is 3.93. The van der Waals surface area contributed by atoms with Crippen LogP contribution >= 0.6 is 0 Å². The molecule has 30 heavy (non-hydrogen) atoms. The van der Waals surface area contributed by atoms with Crippen LogP contribution in [0.15, 0.2) is 36.4 Å². The van der Waals surface area contributed by atoms with E-state index in [0.29, 0.717) is 26.2 Å². The number of amides is 1. The van der Waals surface area contributed by atoms with Gasteiger partial charge in [-0.15, -0.1) is 10.2 Å². The van der Waals surface area contributed by atoms with Crippen LogP contribution in [0.1, 0.15) is 35.2 Å². The van der Waals surface area contributed by atoms with E-state index in [2.05, 4.69) is 15.1 Å². The number of carbonyl (C=O) groups is 1. The monoisotopic (exact) mass is 419 g/mol. The summed E-state index contributed by atoms with van der Waals surface area (Å²) in [5, 5.41) is 8.71. The van der Waals surface area contributed by atoms with E-state index < -0.39 is 11.7 Å². The molecule has 160 valence electrons. The number of alkyl halides is 3. The first-order chi connectivity index (χ1) is 14.4. The molecular weight excluding hydrogens is 395 g/mol. The fourth-order valence-electron chi connectivity index (χ4n) is 3.93. The zero-order valence-electron chi connectivity index (χ0n) is 16.6. The summed E-state index contributed by atoms with van der Waals surface area (Å²) in [7, 11) is 0. The molecule has 2 aliphatic heterocycles. The molecule has 4 rings (SSSR count). The lowest BCUT2D eigenvalue weighted by Gasteiger charge is -2.35. The highest BCUT2D eigenvalue weighted by molar-refractivity contribution is 5.94. The summed E-state index contributed by atoms with van der Waals surface area (Å²) >= 11 is 0. The molecule has 1 aromatic heterocycles. The fraction of sp³-hybridized carbons (Fsp3) is 0.476. The Morgan fingerprint density at radius 3 is 1.97 bits per heavy atom. The molecule has 0 atom stereocenters. The van der Waals surface area contributed by atoms with E-state index in [0.717, 1.165) is 36.9 Å². The number of carbonyl (C=O) groups excluding carboxylic acids is 1. The maximum Gasteiger partial charge on any atom is 0.416 e. The van der Waals surface area contributed by atoms with E-state index >= 15 is 0 Å². The second kappa shape index (κ2) is 8.49. The lowest BCUT2D eigenvalue weighted by atomic mass is 10.1. The first-order valence-electron chi connectivity index (χ1n) is 10.2. The Morgan fingerprint density at radius 1 is 0.800 bits per heavy atom. The molecule has 2 saturated heterocycles. The molecule has 9 heteroatoms. The average Bonchev–Trinajstić information content (AvgIpc) is 2.79. The van der Waals surface area contributed by atoms with E-state index in [9.17, 15) is 18.0 Å². The van der Waals surface area contributed by atoms with Gasteiger partial charge in [-0.3, -0.25) is 4.79 Å². The third kappa shape index (κ3) is 4.49. The van der Waals surface area contributed by atoms with Gasteiger partial charge in [-0.05, 0) is 49.6 Å². The lowest BCUT2D eigenvalue weighted by Crippen LogP contribution is -2.49. The van der Waals surface area contributed by atoms with Crippen molar-refractivity contribution in [2.75, 3.05) is 49.1 Å². The number of aromatic nitrogens is 2. The highest BCUT2D eigenvalue weighted by atomic mass is 19.4. The normalized spacial score (nSPS) is 17.9. The van der Waals surface area contributed by atoms with Crippen LogP contribution in [-0.4, -0.2) is 60.3 Å². The number of benzene rings is 1. The number of rotatable bonds is 3. The van der Waals surface area contributed by atoms with Crippen LogP contribution in [0.5, 0.6) is 0 Å². The van der Waals surface area contributed by atoms with Crippen molar-refractivity contribution in [1.29, 1.82) is 0 Å². The van der Waals surface area contributed by atoms with E-state index in [-0.39, 0.29) is 11.5 Å². The number of nitrogens with zero attached hydrogens (tertiary/aromatic N) is 5.